The third-order valence-corrected chi connectivity index (χ3v) is 5.81. The van der Waals surface area contributed by atoms with Crippen LogP contribution < -0.4 is 10.2 Å². The van der Waals surface area contributed by atoms with Gasteiger partial charge in [0, 0.05) is 29.7 Å². The number of hydrogen-bond acceptors (Lipinski definition) is 5. The monoisotopic (exact) mass is 373 g/mol. The SMILES string of the molecule is CC(C)c1cnc(NC(=O)[C@H](C)c2ccc(N3CC[C@H](O)C3=O)cc2)s1. The highest BCUT2D eigenvalue weighted by atomic mass is 32.1. The first-order chi connectivity index (χ1) is 12.4. The molecular weight excluding hydrogens is 350 g/mol. The third kappa shape index (κ3) is 3.78. The molecule has 2 N–H and O–H groups in total. The Morgan fingerprint density at radius 2 is 2.00 bits per heavy atom. The fourth-order valence-electron chi connectivity index (χ4n) is 2.84. The lowest BCUT2D eigenvalue weighted by atomic mass is 10.00. The molecule has 1 fully saturated rings. The van der Waals surface area contributed by atoms with Gasteiger partial charge in [0.1, 0.15) is 6.10 Å². The van der Waals surface area contributed by atoms with Crippen LogP contribution in [0, 0.1) is 0 Å². The number of amides is 2. The normalized spacial score (nSPS) is 18.4. The van der Waals surface area contributed by atoms with Crippen LogP contribution in [0.2, 0.25) is 0 Å². The summed E-state index contributed by atoms with van der Waals surface area (Å²) in [6.07, 6.45) is 1.34. The average molecular weight is 373 g/mol. The molecule has 138 valence electrons. The molecule has 1 aliphatic rings. The van der Waals surface area contributed by atoms with Crippen molar-refractivity contribution in [2.24, 2.45) is 0 Å². The minimum absolute atomic E-state index is 0.116. The van der Waals surface area contributed by atoms with E-state index < -0.39 is 6.10 Å². The second kappa shape index (κ2) is 7.55. The molecule has 6 nitrogen and oxygen atoms in total. The predicted octanol–water partition coefficient (Wildman–Crippen LogP) is 3.11. The van der Waals surface area contributed by atoms with Crippen LogP contribution in [0.3, 0.4) is 0 Å². The number of benzene rings is 1. The van der Waals surface area contributed by atoms with Crippen molar-refractivity contribution in [1.82, 2.24) is 4.98 Å². The van der Waals surface area contributed by atoms with Gasteiger partial charge in [0.2, 0.25) is 5.91 Å². The molecule has 2 amide bonds. The maximum Gasteiger partial charge on any atom is 0.255 e. The number of carbonyl (C=O) groups is 2. The molecule has 26 heavy (non-hydrogen) atoms. The summed E-state index contributed by atoms with van der Waals surface area (Å²) in [7, 11) is 0. The molecule has 2 aromatic rings. The van der Waals surface area contributed by atoms with Crippen LogP contribution in [0.5, 0.6) is 0 Å². The van der Waals surface area contributed by atoms with Crippen molar-refractivity contribution in [2.45, 2.75) is 45.1 Å². The largest absolute Gasteiger partial charge is 0.383 e. The van der Waals surface area contributed by atoms with Gasteiger partial charge in [0.05, 0.1) is 5.92 Å². The Balaban J connectivity index is 1.66. The number of hydrogen-bond donors (Lipinski definition) is 2. The fourth-order valence-corrected chi connectivity index (χ4v) is 3.66. The van der Waals surface area contributed by atoms with Crippen molar-refractivity contribution < 1.29 is 14.7 Å². The zero-order valence-corrected chi connectivity index (χ0v) is 15.9. The molecular formula is C19H23N3O3S. The van der Waals surface area contributed by atoms with Gasteiger partial charge in [-0.15, -0.1) is 11.3 Å². The molecule has 0 radical (unpaired) electrons. The lowest BCUT2D eigenvalue weighted by Crippen LogP contribution is -2.29. The van der Waals surface area contributed by atoms with Crippen LogP contribution in [0.25, 0.3) is 0 Å². The summed E-state index contributed by atoms with van der Waals surface area (Å²) in [6, 6.07) is 7.32. The summed E-state index contributed by atoms with van der Waals surface area (Å²) in [4.78, 5) is 31.3. The maximum absolute atomic E-state index is 12.5. The number of thiazole rings is 1. The van der Waals surface area contributed by atoms with Crippen molar-refractivity contribution in [3.05, 3.63) is 40.9 Å². The molecule has 0 unspecified atom stereocenters. The zero-order chi connectivity index (χ0) is 18.8. The number of nitrogens with one attached hydrogen (secondary N) is 1. The zero-order valence-electron chi connectivity index (χ0n) is 15.1. The van der Waals surface area contributed by atoms with E-state index in [0.717, 1.165) is 16.1 Å². The lowest BCUT2D eigenvalue weighted by Gasteiger charge is -2.17. The first-order valence-electron chi connectivity index (χ1n) is 8.72. The van der Waals surface area contributed by atoms with E-state index in [1.54, 1.807) is 11.1 Å². The Hall–Kier alpha value is -2.25. The van der Waals surface area contributed by atoms with E-state index in [1.807, 2.05) is 31.2 Å². The third-order valence-electron chi connectivity index (χ3n) is 4.60. The van der Waals surface area contributed by atoms with E-state index in [9.17, 15) is 14.7 Å². The number of rotatable bonds is 5. The van der Waals surface area contributed by atoms with Gasteiger partial charge in [-0.05, 0) is 30.5 Å². The number of nitrogens with zero attached hydrogens (tertiary/aromatic N) is 2. The number of carbonyl (C=O) groups excluding carboxylic acids is 2. The minimum atomic E-state index is -0.909. The molecule has 0 aliphatic carbocycles. The summed E-state index contributed by atoms with van der Waals surface area (Å²) < 4.78 is 0. The van der Waals surface area contributed by atoms with Gasteiger partial charge in [-0.3, -0.25) is 9.59 Å². The van der Waals surface area contributed by atoms with Gasteiger partial charge >= 0.3 is 0 Å². The summed E-state index contributed by atoms with van der Waals surface area (Å²) >= 11 is 1.49. The van der Waals surface area contributed by atoms with E-state index in [4.69, 9.17) is 0 Å². The van der Waals surface area contributed by atoms with Crippen molar-refractivity contribution >= 4 is 34.0 Å². The minimum Gasteiger partial charge on any atom is -0.383 e. The van der Waals surface area contributed by atoms with Crippen molar-refractivity contribution in [3.63, 3.8) is 0 Å². The topological polar surface area (TPSA) is 82.5 Å². The van der Waals surface area contributed by atoms with Crippen LogP contribution in [0.1, 0.15) is 49.5 Å². The Kier molecular flexibility index (Phi) is 5.38. The molecule has 1 saturated heterocycles. The summed E-state index contributed by atoms with van der Waals surface area (Å²) in [5, 5.41) is 13.1. The van der Waals surface area contributed by atoms with Crippen molar-refractivity contribution in [2.75, 3.05) is 16.8 Å². The van der Waals surface area contributed by atoms with Crippen molar-refractivity contribution in [1.29, 1.82) is 0 Å². The number of aliphatic hydroxyl groups excluding tert-OH is 1. The van der Waals surface area contributed by atoms with Crippen LogP contribution in [-0.2, 0) is 9.59 Å². The number of aliphatic hydroxyl groups is 1. The van der Waals surface area contributed by atoms with Crippen LogP contribution in [-0.4, -0.2) is 34.6 Å². The lowest BCUT2D eigenvalue weighted by molar-refractivity contribution is -0.124. The smallest absolute Gasteiger partial charge is 0.255 e. The molecule has 2 atom stereocenters. The first-order valence-corrected chi connectivity index (χ1v) is 9.54. The van der Waals surface area contributed by atoms with Gasteiger partial charge in [0.15, 0.2) is 5.13 Å². The average Bonchev–Trinajstić information content (AvgIpc) is 3.22. The van der Waals surface area contributed by atoms with Crippen LogP contribution in [0.4, 0.5) is 10.8 Å². The molecule has 0 saturated carbocycles. The maximum atomic E-state index is 12.5. The second-order valence-electron chi connectivity index (χ2n) is 6.82. The molecule has 1 aromatic heterocycles. The highest BCUT2D eigenvalue weighted by molar-refractivity contribution is 7.15. The molecule has 1 aromatic carbocycles. The van der Waals surface area contributed by atoms with Gasteiger partial charge in [-0.2, -0.15) is 0 Å². The Morgan fingerprint density at radius 1 is 1.31 bits per heavy atom. The molecule has 3 rings (SSSR count). The molecule has 0 spiro atoms. The summed E-state index contributed by atoms with van der Waals surface area (Å²) in [6.45, 7) is 6.53. The van der Waals surface area contributed by atoms with Crippen LogP contribution >= 0.6 is 11.3 Å². The number of aromatic nitrogens is 1. The van der Waals surface area contributed by atoms with Crippen molar-refractivity contribution in [3.8, 4) is 0 Å². The predicted molar refractivity (Wildman–Crippen MR) is 103 cm³/mol. The highest BCUT2D eigenvalue weighted by Crippen LogP contribution is 2.28. The van der Waals surface area contributed by atoms with E-state index in [2.05, 4.69) is 24.1 Å². The first kappa shape index (κ1) is 18.5. The Morgan fingerprint density at radius 3 is 2.54 bits per heavy atom. The quantitative estimate of drug-likeness (QED) is 0.844. The summed E-state index contributed by atoms with van der Waals surface area (Å²) in [5.74, 6) is -0.339. The van der Waals surface area contributed by atoms with E-state index in [-0.39, 0.29) is 17.7 Å². The van der Waals surface area contributed by atoms with E-state index >= 15 is 0 Å². The Labute approximate surface area is 156 Å². The molecule has 2 heterocycles. The second-order valence-corrected chi connectivity index (χ2v) is 7.88. The fraction of sp³-hybridized carbons (Fsp3) is 0.421. The van der Waals surface area contributed by atoms with Gasteiger partial charge < -0.3 is 15.3 Å². The van der Waals surface area contributed by atoms with Crippen LogP contribution in [0.15, 0.2) is 30.5 Å². The molecule has 7 heteroatoms. The van der Waals surface area contributed by atoms with E-state index in [1.165, 1.54) is 11.3 Å². The molecule has 0 bridgehead atoms. The summed E-state index contributed by atoms with van der Waals surface area (Å²) in [5.41, 5.74) is 1.60. The van der Waals surface area contributed by atoms with Gasteiger partial charge in [-0.1, -0.05) is 26.0 Å². The standard InChI is InChI=1S/C19H23N3O3S/c1-11(2)16-10-20-19(26-16)21-17(24)12(3)13-4-6-14(7-5-13)22-9-8-15(23)18(22)25/h4-7,10-12,15,23H,8-9H2,1-3H3,(H,20,21,24)/t12-,15+/m1/s1. The molecule has 1 aliphatic heterocycles. The Bertz CT molecular complexity index is 801. The van der Waals surface area contributed by atoms with Gasteiger partial charge in [-0.25, -0.2) is 4.98 Å². The van der Waals surface area contributed by atoms with E-state index in [0.29, 0.717) is 24.0 Å². The number of anilines is 2. The van der Waals surface area contributed by atoms with Gasteiger partial charge in [0.25, 0.3) is 5.91 Å². The highest BCUT2D eigenvalue weighted by Gasteiger charge is 2.30.